The number of benzene rings is 1. The predicted octanol–water partition coefficient (Wildman–Crippen LogP) is 2.10. The van der Waals surface area contributed by atoms with Crippen LogP contribution in [0.5, 0.6) is 0 Å². The summed E-state index contributed by atoms with van der Waals surface area (Å²) in [6, 6.07) is 7.06. The summed E-state index contributed by atoms with van der Waals surface area (Å²) in [6.07, 6.45) is 2.09. The zero-order valence-electron chi connectivity index (χ0n) is 12.4. The lowest BCUT2D eigenvalue weighted by molar-refractivity contribution is -0.480. The van der Waals surface area contributed by atoms with Gasteiger partial charge in [-0.05, 0) is 30.7 Å². The van der Waals surface area contributed by atoms with E-state index in [1.165, 1.54) is 0 Å². The van der Waals surface area contributed by atoms with E-state index in [4.69, 9.17) is 19.3 Å². The van der Waals surface area contributed by atoms with Gasteiger partial charge in [0.25, 0.3) is 0 Å². The summed E-state index contributed by atoms with van der Waals surface area (Å²) in [5, 5.41) is 8.55. The maximum Gasteiger partial charge on any atom is 0.382 e. The minimum atomic E-state index is -1.15. The van der Waals surface area contributed by atoms with Crippen molar-refractivity contribution in [3.8, 4) is 11.8 Å². The van der Waals surface area contributed by atoms with E-state index in [0.717, 1.165) is 18.4 Å². The maximum absolute atomic E-state index is 10.4. The van der Waals surface area contributed by atoms with Crippen LogP contribution in [0.15, 0.2) is 24.3 Å². The normalized spacial score (nSPS) is 29.7. The number of rotatable bonds is 3. The maximum atomic E-state index is 10.4. The molecular formula is C17H18O5. The Balaban J connectivity index is 1.76. The Bertz CT molecular complexity index is 598. The quantitative estimate of drug-likeness (QED) is 0.866. The van der Waals surface area contributed by atoms with E-state index in [2.05, 4.69) is 18.8 Å². The van der Waals surface area contributed by atoms with E-state index in [9.17, 15) is 4.79 Å². The molecule has 0 saturated carbocycles. The lowest BCUT2D eigenvalue weighted by atomic mass is 9.83. The van der Waals surface area contributed by atoms with Gasteiger partial charge in [0.1, 0.15) is 0 Å². The summed E-state index contributed by atoms with van der Waals surface area (Å²) in [7, 11) is 0. The lowest BCUT2D eigenvalue weighted by Gasteiger charge is -2.51. The molecule has 1 N–H and O–H groups in total. The summed E-state index contributed by atoms with van der Waals surface area (Å²) in [6.45, 7) is 4.02. The van der Waals surface area contributed by atoms with E-state index >= 15 is 0 Å². The Labute approximate surface area is 129 Å². The van der Waals surface area contributed by atoms with Gasteiger partial charge in [-0.1, -0.05) is 19.3 Å². The third kappa shape index (κ3) is 2.73. The van der Waals surface area contributed by atoms with Crippen molar-refractivity contribution >= 4 is 5.97 Å². The summed E-state index contributed by atoms with van der Waals surface area (Å²) in [4.78, 5) is 10.4. The summed E-state index contributed by atoms with van der Waals surface area (Å²) >= 11 is 0. The van der Waals surface area contributed by atoms with Gasteiger partial charge in [0.2, 0.25) is 0 Å². The third-order valence-electron chi connectivity index (χ3n) is 4.04. The Morgan fingerprint density at radius 1 is 1.18 bits per heavy atom. The molecule has 0 spiro atoms. The highest BCUT2D eigenvalue weighted by molar-refractivity contribution is 5.87. The minimum absolute atomic E-state index is 0.0244. The van der Waals surface area contributed by atoms with Crippen LogP contribution in [0.3, 0.4) is 0 Å². The van der Waals surface area contributed by atoms with Gasteiger partial charge in [-0.25, -0.2) is 4.79 Å². The molecule has 5 nitrogen and oxygen atoms in total. The number of fused-ring (bicyclic) bond motifs is 3. The monoisotopic (exact) mass is 302 g/mol. The van der Waals surface area contributed by atoms with Crippen LogP contribution in [0.4, 0.5) is 0 Å². The molecule has 3 heterocycles. The number of ether oxygens (including phenoxy) is 3. The molecule has 0 aromatic heterocycles. The topological polar surface area (TPSA) is 65.0 Å². The number of carboxylic acid groups (broad SMARTS) is 1. The standard InChI is InChI=1S/C17H18O5/c1-2-9-16-10-20-17(21-11-16,22-12-16)14-6-3-13(4-7-14)5-8-15(18)19/h3-4,6-7H,2,9-12H2,1H3,(H,18,19). The van der Waals surface area contributed by atoms with Gasteiger partial charge in [0, 0.05) is 22.5 Å². The van der Waals surface area contributed by atoms with Gasteiger partial charge < -0.3 is 19.3 Å². The Hall–Kier alpha value is -1.87. The average molecular weight is 302 g/mol. The molecule has 1 aromatic carbocycles. The van der Waals surface area contributed by atoms with Crippen molar-refractivity contribution in [3.05, 3.63) is 35.4 Å². The van der Waals surface area contributed by atoms with Gasteiger partial charge in [-0.3, -0.25) is 0 Å². The van der Waals surface area contributed by atoms with Crippen molar-refractivity contribution < 1.29 is 24.1 Å². The fraction of sp³-hybridized carbons (Fsp3) is 0.471. The molecule has 1 aromatic rings. The van der Waals surface area contributed by atoms with E-state index in [1.54, 1.807) is 24.3 Å². The van der Waals surface area contributed by atoms with Crippen LogP contribution in [0.25, 0.3) is 0 Å². The minimum Gasteiger partial charge on any atom is -0.472 e. The highest BCUT2D eigenvalue weighted by atomic mass is 16.9. The highest BCUT2D eigenvalue weighted by Gasteiger charge is 2.53. The first-order chi connectivity index (χ1) is 10.6. The van der Waals surface area contributed by atoms with Crippen LogP contribution in [0.2, 0.25) is 0 Å². The number of carbonyl (C=O) groups is 1. The second kappa shape index (κ2) is 5.73. The van der Waals surface area contributed by atoms with E-state index in [1.807, 2.05) is 0 Å². The lowest BCUT2D eigenvalue weighted by Crippen LogP contribution is -2.58. The van der Waals surface area contributed by atoms with E-state index in [0.29, 0.717) is 25.4 Å². The molecule has 116 valence electrons. The van der Waals surface area contributed by atoms with Crippen LogP contribution in [0.1, 0.15) is 30.9 Å². The van der Waals surface area contributed by atoms with Gasteiger partial charge in [0.05, 0.1) is 19.8 Å². The third-order valence-corrected chi connectivity index (χ3v) is 4.04. The first kappa shape index (κ1) is 15.0. The zero-order chi connectivity index (χ0) is 15.6. The van der Waals surface area contributed by atoms with Crippen molar-refractivity contribution in [2.45, 2.75) is 25.7 Å². The second-order valence-electron chi connectivity index (χ2n) is 5.80. The van der Waals surface area contributed by atoms with Gasteiger partial charge >= 0.3 is 11.9 Å². The SMILES string of the molecule is CCCC12COC(c3ccc(C#CC(=O)O)cc3)(OC1)OC2. The van der Waals surface area contributed by atoms with Gasteiger partial charge in [-0.2, -0.15) is 0 Å². The van der Waals surface area contributed by atoms with E-state index < -0.39 is 11.9 Å². The average Bonchev–Trinajstić information content (AvgIpc) is 2.55. The van der Waals surface area contributed by atoms with Crippen molar-refractivity contribution in [3.63, 3.8) is 0 Å². The number of hydrogen-bond acceptors (Lipinski definition) is 4. The Kier molecular flexibility index (Phi) is 3.92. The van der Waals surface area contributed by atoms with Crippen LogP contribution >= 0.6 is 0 Å². The molecule has 0 atom stereocenters. The molecule has 0 aliphatic carbocycles. The predicted molar refractivity (Wildman–Crippen MR) is 77.8 cm³/mol. The molecule has 3 fully saturated rings. The largest absolute Gasteiger partial charge is 0.472 e. The van der Waals surface area contributed by atoms with Crippen LogP contribution < -0.4 is 0 Å². The summed E-state index contributed by atoms with van der Waals surface area (Å²) < 4.78 is 17.6. The van der Waals surface area contributed by atoms with Crippen LogP contribution in [-0.2, 0) is 25.0 Å². The molecule has 22 heavy (non-hydrogen) atoms. The molecular weight excluding hydrogens is 284 g/mol. The fourth-order valence-electron chi connectivity index (χ4n) is 2.87. The van der Waals surface area contributed by atoms with Crippen LogP contribution in [0, 0.1) is 17.3 Å². The molecule has 0 radical (unpaired) electrons. The Morgan fingerprint density at radius 2 is 1.77 bits per heavy atom. The molecule has 3 saturated heterocycles. The Morgan fingerprint density at radius 3 is 2.27 bits per heavy atom. The molecule has 0 amide bonds. The highest BCUT2D eigenvalue weighted by Crippen LogP contribution is 2.46. The molecule has 5 heteroatoms. The number of hydrogen-bond donors (Lipinski definition) is 1. The van der Waals surface area contributed by atoms with Crippen molar-refractivity contribution in [2.75, 3.05) is 19.8 Å². The molecule has 3 aliphatic rings. The number of aliphatic carboxylic acids is 1. The molecule has 2 bridgehead atoms. The number of carboxylic acids is 1. The molecule has 4 rings (SSSR count). The van der Waals surface area contributed by atoms with Crippen molar-refractivity contribution in [2.24, 2.45) is 5.41 Å². The van der Waals surface area contributed by atoms with Gasteiger partial charge in [-0.15, -0.1) is 0 Å². The molecule has 0 unspecified atom stereocenters. The van der Waals surface area contributed by atoms with E-state index in [-0.39, 0.29) is 5.41 Å². The first-order valence-electron chi connectivity index (χ1n) is 7.35. The van der Waals surface area contributed by atoms with Gasteiger partial charge in [0.15, 0.2) is 0 Å². The van der Waals surface area contributed by atoms with Crippen LogP contribution in [-0.4, -0.2) is 30.9 Å². The van der Waals surface area contributed by atoms with Crippen molar-refractivity contribution in [1.29, 1.82) is 0 Å². The first-order valence-corrected chi connectivity index (χ1v) is 7.35. The summed E-state index contributed by atoms with van der Waals surface area (Å²) in [5.74, 6) is 2.37. The van der Waals surface area contributed by atoms with Crippen molar-refractivity contribution in [1.82, 2.24) is 0 Å². The fourth-order valence-corrected chi connectivity index (χ4v) is 2.87. The smallest absolute Gasteiger partial charge is 0.382 e. The second-order valence-corrected chi connectivity index (χ2v) is 5.80. The zero-order valence-corrected chi connectivity index (χ0v) is 12.4. The summed E-state index contributed by atoms with van der Waals surface area (Å²) in [5.41, 5.74) is 1.36. The molecule has 3 aliphatic heterocycles.